The second kappa shape index (κ2) is 6.48. The minimum Gasteiger partial charge on any atom is -0.484 e. The minimum atomic E-state index is -0.0442. The van der Waals surface area contributed by atoms with Crippen molar-refractivity contribution in [1.82, 2.24) is 14.7 Å². The third kappa shape index (κ3) is 3.56. The first-order valence-corrected chi connectivity index (χ1v) is 8.45. The Morgan fingerprint density at radius 1 is 1.29 bits per heavy atom. The molecule has 0 fully saturated rings. The van der Waals surface area contributed by atoms with Crippen LogP contribution in [0.4, 0.5) is 0 Å². The summed E-state index contributed by atoms with van der Waals surface area (Å²) in [7, 11) is 0. The highest BCUT2D eigenvalue weighted by molar-refractivity contribution is 6.30. The van der Waals surface area contributed by atoms with Crippen LogP contribution >= 0.6 is 11.6 Å². The second-order valence-corrected chi connectivity index (χ2v) is 7.44. The van der Waals surface area contributed by atoms with Gasteiger partial charge < -0.3 is 9.64 Å². The lowest BCUT2D eigenvalue weighted by atomic mass is 10.0. The lowest BCUT2D eigenvalue weighted by Gasteiger charge is -2.30. The predicted molar refractivity (Wildman–Crippen MR) is 93.3 cm³/mol. The van der Waals surface area contributed by atoms with Crippen molar-refractivity contribution in [2.75, 3.05) is 13.2 Å². The van der Waals surface area contributed by atoms with Gasteiger partial charge in [0.15, 0.2) is 6.61 Å². The number of hydrogen-bond acceptors (Lipinski definition) is 3. The number of rotatable bonds is 3. The van der Waals surface area contributed by atoms with Gasteiger partial charge in [-0.1, -0.05) is 11.6 Å². The number of ether oxygens (including phenoxy) is 1. The lowest BCUT2D eigenvalue weighted by molar-refractivity contribution is -0.134. The SMILES string of the molecule is CC(C)(C)n1ncc2c1CCN(C(=O)COc1ccc(Cl)cc1)C2. The van der Waals surface area contributed by atoms with Gasteiger partial charge in [0.05, 0.1) is 11.7 Å². The summed E-state index contributed by atoms with van der Waals surface area (Å²) in [4.78, 5) is 14.2. The van der Waals surface area contributed by atoms with E-state index in [1.54, 1.807) is 24.3 Å². The fraction of sp³-hybridized carbons (Fsp3) is 0.444. The molecule has 0 aliphatic carbocycles. The average molecular weight is 348 g/mol. The first-order valence-electron chi connectivity index (χ1n) is 8.07. The average Bonchev–Trinajstić information content (AvgIpc) is 2.97. The van der Waals surface area contributed by atoms with Gasteiger partial charge in [-0.2, -0.15) is 5.10 Å². The Kier molecular flexibility index (Phi) is 4.54. The number of carbonyl (C=O) groups is 1. The molecule has 0 spiro atoms. The van der Waals surface area contributed by atoms with Crippen LogP contribution in [-0.2, 0) is 23.3 Å². The van der Waals surface area contributed by atoms with Gasteiger partial charge in [-0.3, -0.25) is 9.48 Å². The monoisotopic (exact) mass is 347 g/mol. The zero-order valence-electron chi connectivity index (χ0n) is 14.3. The molecular weight excluding hydrogens is 326 g/mol. The molecule has 128 valence electrons. The third-order valence-corrected chi connectivity index (χ3v) is 4.35. The molecule has 1 aliphatic rings. The van der Waals surface area contributed by atoms with Crippen molar-refractivity contribution in [3.8, 4) is 5.75 Å². The fourth-order valence-corrected chi connectivity index (χ4v) is 3.02. The summed E-state index contributed by atoms with van der Waals surface area (Å²) in [6.07, 6.45) is 2.69. The molecule has 1 aromatic carbocycles. The van der Waals surface area contributed by atoms with E-state index < -0.39 is 0 Å². The summed E-state index contributed by atoms with van der Waals surface area (Å²) in [5.41, 5.74) is 2.30. The van der Waals surface area contributed by atoms with Gasteiger partial charge in [-0.05, 0) is 45.0 Å². The van der Waals surface area contributed by atoms with Crippen molar-refractivity contribution >= 4 is 17.5 Å². The number of halogens is 1. The van der Waals surface area contributed by atoms with E-state index in [0.717, 1.165) is 12.0 Å². The fourth-order valence-electron chi connectivity index (χ4n) is 2.89. The van der Waals surface area contributed by atoms with Crippen LogP contribution in [-0.4, -0.2) is 33.7 Å². The highest BCUT2D eigenvalue weighted by Gasteiger charge is 2.27. The van der Waals surface area contributed by atoms with E-state index in [1.807, 2.05) is 11.1 Å². The van der Waals surface area contributed by atoms with Gasteiger partial charge in [0, 0.05) is 35.8 Å². The molecule has 3 rings (SSSR count). The lowest BCUT2D eigenvalue weighted by Crippen LogP contribution is -2.40. The Balaban J connectivity index is 1.62. The van der Waals surface area contributed by atoms with Crippen LogP contribution in [0, 0.1) is 0 Å². The van der Waals surface area contributed by atoms with Crippen LogP contribution in [0.3, 0.4) is 0 Å². The van der Waals surface area contributed by atoms with Crippen LogP contribution in [0.1, 0.15) is 32.0 Å². The predicted octanol–water partition coefficient (Wildman–Crippen LogP) is 3.26. The number of carbonyl (C=O) groups excluding carboxylic acids is 1. The highest BCUT2D eigenvalue weighted by Crippen LogP contribution is 2.24. The van der Waals surface area contributed by atoms with Crippen molar-refractivity contribution in [3.63, 3.8) is 0 Å². The number of benzene rings is 1. The summed E-state index contributed by atoms with van der Waals surface area (Å²) in [5.74, 6) is 0.630. The van der Waals surface area contributed by atoms with E-state index in [-0.39, 0.29) is 18.1 Å². The first-order chi connectivity index (χ1) is 11.3. The van der Waals surface area contributed by atoms with Crippen molar-refractivity contribution in [2.24, 2.45) is 0 Å². The molecule has 2 heterocycles. The molecule has 0 N–H and O–H groups in total. The molecule has 5 nitrogen and oxygen atoms in total. The van der Waals surface area contributed by atoms with Crippen molar-refractivity contribution in [3.05, 3.63) is 46.7 Å². The maximum absolute atomic E-state index is 12.4. The number of nitrogens with zero attached hydrogens (tertiary/aromatic N) is 3. The Morgan fingerprint density at radius 3 is 2.67 bits per heavy atom. The smallest absolute Gasteiger partial charge is 0.260 e. The Labute approximate surface area is 147 Å². The summed E-state index contributed by atoms with van der Waals surface area (Å²) >= 11 is 5.84. The molecular formula is C18H22ClN3O2. The molecule has 0 saturated heterocycles. The molecule has 2 aromatic rings. The quantitative estimate of drug-likeness (QED) is 0.856. The first kappa shape index (κ1) is 16.8. The van der Waals surface area contributed by atoms with Gasteiger partial charge in [-0.15, -0.1) is 0 Å². The topological polar surface area (TPSA) is 47.4 Å². The van der Waals surface area contributed by atoms with Crippen LogP contribution in [0.2, 0.25) is 5.02 Å². The Bertz CT molecular complexity index is 732. The van der Waals surface area contributed by atoms with Crippen LogP contribution in [0.25, 0.3) is 0 Å². The molecule has 0 unspecified atom stereocenters. The van der Waals surface area contributed by atoms with Gasteiger partial charge in [-0.25, -0.2) is 0 Å². The number of fused-ring (bicyclic) bond motifs is 1. The summed E-state index contributed by atoms with van der Waals surface area (Å²) in [6.45, 7) is 7.73. The largest absolute Gasteiger partial charge is 0.484 e. The standard InChI is InChI=1S/C18H22ClN3O2/c1-18(2,3)22-16-8-9-21(11-13(16)10-20-22)17(23)12-24-15-6-4-14(19)5-7-15/h4-7,10H,8-9,11-12H2,1-3H3. The zero-order valence-corrected chi connectivity index (χ0v) is 15.0. The maximum atomic E-state index is 12.4. The molecule has 1 amide bonds. The minimum absolute atomic E-state index is 0.0147. The Morgan fingerprint density at radius 2 is 2.00 bits per heavy atom. The number of hydrogen-bond donors (Lipinski definition) is 0. The molecule has 6 heteroatoms. The summed E-state index contributed by atoms with van der Waals surface area (Å²) < 4.78 is 7.62. The van der Waals surface area contributed by atoms with E-state index in [4.69, 9.17) is 16.3 Å². The molecule has 0 saturated carbocycles. The van der Waals surface area contributed by atoms with Gasteiger partial charge in [0.25, 0.3) is 5.91 Å². The molecule has 0 bridgehead atoms. The van der Waals surface area contributed by atoms with Crippen LogP contribution < -0.4 is 4.74 Å². The summed E-state index contributed by atoms with van der Waals surface area (Å²) in [6, 6.07) is 7.01. The Hall–Kier alpha value is -2.01. The van der Waals surface area contributed by atoms with Gasteiger partial charge in [0.2, 0.25) is 0 Å². The van der Waals surface area contributed by atoms with Crippen molar-refractivity contribution < 1.29 is 9.53 Å². The summed E-state index contributed by atoms with van der Waals surface area (Å²) in [5, 5.41) is 5.15. The van der Waals surface area contributed by atoms with Crippen LogP contribution in [0.5, 0.6) is 5.75 Å². The van der Waals surface area contributed by atoms with E-state index in [2.05, 4.69) is 30.6 Å². The van der Waals surface area contributed by atoms with Gasteiger partial charge >= 0.3 is 0 Å². The van der Waals surface area contributed by atoms with E-state index in [0.29, 0.717) is 23.9 Å². The highest BCUT2D eigenvalue weighted by atomic mass is 35.5. The second-order valence-electron chi connectivity index (χ2n) is 7.01. The molecule has 24 heavy (non-hydrogen) atoms. The maximum Gasteiger partial charge on any atom is 0.260 e. The molecule has 0 radical (unpaired) electrons. The van der Waals surface area contributed by atoms with Gasteiger partial charge in [0.1, 0.15) is 5.75 Å². The molecule has 0 atom stereocenters. The molecule has 1 aliphatic heterocycles. The number of aromatic nitrogens is 2. The van der Waals surface area contributed by atoms with E-state index in [9.17, 15) is 4.79 Å². The molecule has 1 aromatic heterocycles. The zero-order chi connectivity index (χ0) is 17.3. The van der Waals surface area contributed by atoms with Crippen LogP contribution in [0.15, 0.2) is 30.5 Å². The van der Waals surface area contributed by atoms with E-state index in [1.165, 1.54) is 5.69 Å². The normalized spacial score (nSPS) is 14.4. The number of amides is 1. The van der Waals surface area contributed by atoms with E-state index >= 15 is 0 Å². The van der Waals surface area contributed by atoms with Crippen molar-refractivity contribution in [2.45, 2.75) is 39.3 Å². The third-order valence-electron chi connectivity index (χ3n) is 4.10. The van der Waals surface area contributed by atoms with Crippen molar-refractivity contribution in [1.29, 1.82) is 0 Å².